The number of aliphatic imine (C=N–C) groups is 1. The highest BCUT2D eigenvalue weighted by molar-refractivity contribution is 6.13. The van der Waals surface area contributed by atoms with E-state index < -0.39 is 5.97 Å². The van der Waals surface area contributed by atoms with Crippen LogP contribution < -0.4 is 4.74 Å². The van der Waals surface area contributed by atoms with E-state index in [4.69, 9.17) is 13.9 Å². The molecule has 2 atom stereocenters. The van der Waals surface area contributed by atoms with Crippen LogP contribution in [-0.4, -0.2) is 18.5 Å². The zero-order valence-corrected chi connectivity index (χ0v) is 14.2. The summed E-state index contributed by atoms with van der Waals surface area (Å²) in [6.07, 6.45) is 2.78. The molecule has 2 aromatic rings. The highest BCUT2D eigenvalue weighted by Gasteiger charge is 2.36. The third-order valence-electron chi connectivity index (χ3n) is 4.44. The van der Waals surface area contributed by atoms with E-state index in [9.17, 15) is 4.79 Å². The van der Waals surface area contributed by atoms with Crippen LogP contribution in [0.15, 0.2) is 51.5 Å². The predicted octanol–water partition coefficient (Wildman–Crippen LogP) is 4.15. The molecule has 2 aliphatic rings. The quantitative estimate of drug-likeness (QED) is 0.607. The van der Waals surface area contributed by atoms with Crippen molar-refractivity contribution < 1.29 is 18.7 Å². The van der Waals surface area contributed by atoms with Gasteiger partial charge in [-0.1, -0.05) is 19.1 Å². The van der Waals surface area contributed by atoms with Crippen molar-refractivity contribution in [2.24, 2.45) is 10.9 Å². The van der Waals surface area contributed by atoms with Gasteiger partial charge in [0.2, 0.25) is 5.90 Å². The van der Waals surface area contributed by atoms with Gasteiger partial charge in [0.15, 0.2) is 5.70 Å². The van der Waals surface area contributed by atoms with Crippen molar-refractivity contribution in [3.8, 4) is 5.75 Å². The van der Waals surface area contributed by atoms with Crippen LogP contribution >= 0.6 is 0 Å². The van der Waals surface area contributed by atoms with Crippen LogP contribution in [0.3, 0.4) is 0 Å². The fourth-order valence-corrected chi connectivity index (χ4v) is 2.95. The molecule has 5 heteroatoms. The summed E-state index contributed by atoms with van der Waals surface area (Å²) in [5, 5.41) is 0. The van der Waals surface area contributed by atoms with Gasteiger partial charge in [0.1, 0.15) is 17.3 Å². The van der Waals surface area contributed by atoms with E-state index in [1.165, 1.54) is 0 Å². The molecule has 25 heavy (non-hydrogen) atoms. The zero-order chi connectivity index (χ0) is 17.4. The number of furan rings is 1. The highest BCUT2D eigenvalue weighted by atomic mass is 16.6. The highest BCUT2D eigenvalue weighted by Crippen LogP contribution is 2.47. The normalized spacial score (nSPS) is 23.5. The predicted molar refractivity (Wildman–Crippen MR) is 93.4 cm³/mol. The lowest BCUT2D eigenvalue weighted by atomic mass is 10.2. The van der Waals surface area contributed by atoms with Crippen LogP contribution in [0.2, 0.25) is 0 Å². The van der Waals surface area contributed by atoms with Gasteiger partial charge in [-0.15, -0.1) is 0 Å². The lowest BCUT2D eigenvalue weighted by Crippen LogP contribution is -2.07. The van der Waals surface area contributed by atoms with E-state index in [1.54, 1.807) is 6.08 Å². The first-order chi connectivity index (χ1) is 12.2. The van der Waals surface area contributed by atoms with Crippen molar-refractivity contribution in [1.29, 1.82) is 0 Å². The number of carbonyl (C=O) groups is 1. The molecular weight excluding hydrogens is 318 g/mol. The molecule has 1 aromatic heterocycles. The molecule has 0 bridgehead atoms. The number of hydrogen-bond donors (Lipinski definition) is 0. The first kappa shape index (κ1) is 15.7. The number of hydrogen-bond acceptors (Lipinski definition) is 5. The Morgan fingerprint density at radius 1 is 1.28 bits per heavy atom. The summed E-state index contributed by atoms with van der Waals surface area (Å²) in [6.45, 7) is 4.63. The third kappa shape index (κ3) is 3.09. The van der Waals surface area contributed by atoms with E-state index in [0.29, 0.717) is 35.5 Å². The molecule has 4 rings (SSSR count). The number of benzene rings is 1. The maximum Gasteiger partial charge on any atom is 0.363 e. The van der Waals surface area contributed by atoms with Crippen molar-refractivity contribution in [2.75, 3.05) is 6.61 Å². The van der Waals surface area contributed by atoms with Crippen molar-refractivity contribution in [2.45, 2.75) is 26.2 Å². The van der Waals surface area contributed by atoms with Gasteiger partial charge in [-0.3, -0.25) is 0 Å². The first-order valence-electron chi connectivity index (χ1n) is 8.50. The topological polar surface area (TPSA) is 61.0 Å². The van der Waals surface area contributed by atoms with Gasteiger partial charge in [-0.25, -0.2) is 9.79 Å². The number of nitrogens with zero attached hydrogens (tertiary/aromatic N) is 1. The Hall–Kier alpha value is -2.82. The van der Waals surface area contributed by atoms with Crippen LogP contribution in [0, 0.1) is 5.92 Å². The summed E-state index contributed by atoms with van der Waals surface area (Å²) in [5.41, 5.74) is 0.888. The van der Waals surface area contributed by atoms with Crippen LogP contribution in [-0.2, 0) is 9.53 Å². The minimum atomic E-state index is -0.487. The monoisotopic (exact) mass is 337 g/mol. The molecule has 128 valence electrons. The van der Waals surface area contributed by atoms with Gasteiger partial charge in [-0.2, -0.15) is 0 Å². The maximum absolute atomic E-state index is 12.1. The van der Waals surface area contributed by atoms with E-state index in [0.717, 1.165) is 12.2 Å². The minimum absolute atomic E-state index is 0.228. The fourth-order valence-electron chi connectivity index (χ4n) is 2.95. The van der Waals surface area contributed by atoms with Crippen molar-refractivity contribution in [3.63, 3.8) is 0 Å². The molecule has 1 aliphatic carbocycles. The number of rotatable bonds is 5. The van der Waals surface area contributed by atoms with Gasteiger partial charge in [-0.05, 0) is 43.5 Å². The maximum atomic E-state index is 12.1. The Labute approximate surface area is 146 Å². The second kappa shape index (κ2) is 6.24. The average Bonchev–Trinajstić information content (AvgIpc) is 3.01. The Morgan fingerprint density at radius 2 is 2.08 bits per heavy atom. The second-order valence-corrected chi connectivity index (χ2v) is 6.32. The smallest absolute Gasteiger partial charge is 0.363 e. The van der Waals surface area contributed by atoms with Crippen LogP contribution in [0.4, 0.5) is 0 Å². The second-order valence-electron chi connectivity index (χ2n) is 6.32. The average molecular weight is 337 g/mol. The van der Waals surface area contributed by atoms with Crippen LogP contribution in [0.25, 0.3) is 6.08 Å². The summed E-state index contributed by atoms with van der Waals surface area (Å²) in [5.74, 6) is 3.16. The SMILES string of the molecule is CCOc1ccccc1C1=N/C(=C/c2ccc([C@H]3C[C@@H]3C)o2)C(=O)O1. The molecule has 0 amide bonds. The third-order valence-corrected chi connectivity index (χ3v) is 4.44. The summed E-state index contributed by atoms with van der Waals surface area (Å²) in [6, 6.07) is 11.2. The molecule has 1 saturated carbocycles. The van der Waals surface area contributed by atoms with E-state index in [1.807, 2.05) is 43.3 Å². The van der Waals surface area contributed by atoms with Crippen molar-refractivity contribution in [3.05, 3.63) is 59.2 Å². The van der Waals surface area contributed by atoms with E-state index in [-0.39, 0.29) is 11.6 Å². The number of carbonyl (C=O) groups excluding carboxylic acids is 1. The lowest BCUT2D eigenvalue weighted by Gasteiger charge is -2.08. The molecule has 0 spiro atoms. The summed E-state index contributed by atoms with van der Waals surface area (Å²) in [4.78, 5) is 16.5. The molecule has 2 heterocycles. The molecule has 0 N–H and O–H groups in total. The first-order valence-corrected chi connectivity index (χ1v) is 8.50. The largest absolute Gasteiger partial charge is 0.493 e. The van der Waals surface area contributed by atoms with Crippen molar-refractivity contribution in [1.82, 2.24) is 0 Å². The number of esters is 1. The van der Waals surface area contributed by atoms with Gasteiger partial charge >= 0.3 is 5.97 Å². The molecule has 0 radical (unpaired) electrons. The van der Waals surface area contributed by atoms with Gasteiger partial charge < -0.3 is 13.9 Å². The summed E-state index contributed by atoms with van der Waals surface area (Å²) >= 11 is 0. The number of para-hydroxylation sites is 1. The summed E-state index contributed by atoms with van der Waals surface area (Å²) in [7, 11) is 0. The van der Waals surface area contributed by atoms with Crippen LogP contribution in [0.5, 0.6) is 5.75 Å². The van der Waals surface area contributed by atoms with Gasteiger partial charge in [0.25, 0.3) is 0 Å². The van der Waals surface area contributed by atoms with E-state index >= 15 is 0 Å². The summed E-state index contributed by atoms with van der Waals surface area (Å²) < 4.78 is 16.7. The fraction of sp³-hybridized carbons (Fsp3) is 0.300. The molecular formula is C20H19NO4. The minimum Gasteiger partial charge on any atom is -0.493 e. The van der Waals surface area contributed by atoms with Gasteiger partial charge in [0.05, 0.1) is 12.2 Å². The molecule has 1 fully saturated rings. The Balaban J connectivity index is 1.61. The Morgan fingerprint density at radius 3 is 2.84 bits per heavy atom. The Kier molecular flexibility index (Phi) is 3.92. The molecule has 1 aliphatic heterocycles. The number of ether oxygens (including phenoxy) is 2. The zero-order valence-electron chi connectivity index (χ0n) is 14.2. The van der Waals surface area contributed by atoms with Crippen molar-refractivity contribution >= 4 is 17.9 Å². The molecule has 1 aromatic carbocycles. The van der Waals surface area contributed by atoms with Crippen LogP contribution in [0.1, 0.15) is 43.3 Å². The number of cyclic esters (lactones) is 1. The molecule has 0 unspecified atom stereocenters. The standard InChI is InChI=1S/C20H19NO4/c1-3-23-17-7-5-4-6-14(17)19-21-16(20(22)25-19)11-13-8-9-18(24-13)15-10-12(15)2/h4-9,11-12,15H,3,10H2,1-2H3/b16-11+/t12-,15-/m0/s1. The Bertz CT molecular complexity index is 877. The molecule has 5 nitrogen and oxygen atoms in total. The lowest BCUT2D eigenvalue weighted by molar-refractivity contribution is -0.129. The van der Waals surface area contributed by atoms with E-state index in [2.05, 4.69) is 11.9 Å². The van der Waals surface area contributed by atoms with Gasteiger partial charge in [0, 0.05) is 12.0 Å². The molecule has 0 saturated heterocycles.